The average Bonchev–Trinajstić information content (AvgIpc) is 3.45. The quantitative estimate of drug-likeness (QED) is 0.261. The highest BCUT2D eigenvalue weighted by Crippen LogP contribution is 2.29. The molecule has 10 heteroatoms. The number of amides is 1. The van der Waals surface area contributed by atoms with Gasteiger partial charge in [-0.25, -0.2) is 9.67 Å². The van der Waals surface area contributed by atoms with Crippen molar-refractivity contribution in [2.45, 2.75) is 24.2 Å². The molecule has 148 valence electrons. The fourth-order valence-electron chi connectivity index (χ4n) is 2.75. The Labute approximate surface area is 175 Å². The average molecular weight is 427 g/mol. The van der Waals surface area contributed by atoms with Gasteiger partial charge in [-0.2, -0.15) is 5.10 Å². The number of hydrogen-bond donors (Lipinski definition) is 1. The molecule has 4 heterocycles. The molecule has 0 atom stereocenters. The van der Waals surface area contributed by atoms with E-state index in [1.807, 2.05) is 13.8 Å². The van der Waals surface area contributed by atoms with Crippen LogP contribution in [0.5, 0.6) is 0 Å². The van der Waals surface area contributed by atoms with Gasteiger partial charge in [0.25, 0.3) is 5.91 Å². The number of furan rings is 1. The third-order valence-corrected chi connectivity index (χ3v) is 5.99. The van der Waals surface area contributed by atoms with Crippen molar-refractivity contribution in [1.29, 1.82) is 0 Å². The number of thioether (sulfide) groups is 1. The number of nitrogens with zero attached hydrogens (tertiary/aromatic N) is 5. The summed E-state index contributed by atoms with van der Waals surface area (Å²) in [5.74, 6) is 1.01. The van der Waals surface area contributed by atoms with Crippen LogP contribution in [-0.4, -0.2) is 36.6 Å². The molecule has 0 saturated carbocycles. The van der Waals surface area contributed by atoms with Crippen LogP contribution in [0.15, 0.2) is 52.1 Å². The largest absolute Gasteiger partial charge is 0.463 e. The van der Waals surface area contributed by atoms with E-state index in [2.05, 4.69) is 32.2 Å². The molecule has 1 amide bonds. The van der Waals surface area contributed by atoms with E-state index in [1.165, 1.54) is 23.1 Å². The van der Waals surface area contributed by atoms with Crippen molar-refractivity contribution >= 4 is 45.2 Å². The van der Waals surface area contributed by atoms with Gasteiger partial charge < -0.3 is 4.42 Å². The maximum atomic E-state index is 13.1. The lowest BCUT2D eigenvalue weighted by atomic mass is 10.1. The number of fused-ring (bicyclic) bond motifs is 1. The number of pyridine rings is 1. The fraction of sp³-hybridized carbons (Fsp3) is 0.211. The van der Waals surface area contributed by atoms with Crippen LogP contribution < -0.4 is 5.32 Å². The van der Waals surface area contributed by atoms with Crippen LogP contribution in [0.25, 0.3) is 22.5 Å². The van der Waals surface area contributed by atoms with E-state index in [1.54, 1.807) is 41.4 Å². The normalized spacial score (nSPS) is 11.3. The number of carbonyl (C=O) groups is 1. The maximum absolute atomic E-state index is 13.1. The van der Waals surface area contributed by atoms with Crippen molar-refractivity contribution in [2.24, 2.45) is 0 Å². The van der Waals surface area contributed by atoms with E-state index in [0.29, 0.717) is 33.2 Å². The lowest BCUT2D eigenvalue weighted by Crippen LogP contribution is -2.13. The fourth-order valence-corrected chi connectivity index (χ4v) is 4.26. The Morgan fingerprint density at radius 3 is 3.03 bits per heavy atom. The van der Waals surface area contributed by atoms with Gasteiger partial charge in [-0.1, -0.05) is 29.2 Å². The number of aromatic nitrogens is 5. The Bertz CT molecular complexity index is 1160. The lowest BCUT2D eigenvalue weighted by molar-refractivity contribution is 0.102. The molecule has 0 fully saturated rings. The number of rotatable bonds is 7. The highest BCUT2D eigenvalue weighted by Gasteiger charge is 2.20. The van der Waals surface area contributed by atoms with Gasteiger partial charge in [-0.3, -0.25) is 10.1 Å². The monoisotopic (exact) mass is 426 g/mol. The van der Waals surface area contributed by atoms with E-state index < -0.39 is 0 Å². The van der Waals surface area contributed by atoms with Crippen LogP contribution in [0.1, 0.15) is 30.2 Å². The molecule has 4 aromatic rings. The summed E-state index contributed by atoms with van der Waals surface area (Å²) in [6.07, 6.45) is 5.03. The summed E-state index contributed by atoms with van der Waals surface area (Å²) in [4.78, 5) is 17.7. The molecule has 1 N–H and O–H groups in total. The Hall–Kier alpha value is -2.98. The summed E-state index contributed by atoms with van der Waals surface area (Å²) < 4.78 is 8.04. The first-order chi connectivity index (χ1) is 14.1. The van der Waals surface area contributed by atoms with Crippen molar-refractivity contribution in [3.05, 3.63) is 48.9 Å². The second-order valence-electron chi connectivity index (χ2n) is 6.38. The van der Waals surface area contributed by atoms with Gasteiger partial charge in [-0.05, 0) is 32.0 Å². The zero-order valence-corrected chi connectivity index (χ0v) is 17.5. The molecule has 8 nitrogen and oxygen atoms in total. The molecule has 4 rings (SSSR count). The smallest absolute Gasteiger partial charge is 0.258 e. The molecule has 4 aromatic heterocycles. The van der Waals surface area contributed by atoms with Gasteiger partial charge in [0.05, 0.1) is 23.4 Å². The van der Waals surface area contributed by atoms with E-state index in [9.17, 15) is 4.79 Å². The number of hydrogen-bond acceptors (Lipinski definition) is 8. The summed E-state index contributed by atoms with van der Waals surface area (Å²) in [6.45, 7) is 7.71. The predicted molar refractivity (Wildman–Crippen MR) is 114 cm³/mol. The molecule has 0 saturated heterocycles. The third-order valence-electron chi connectivity index (χ3n) is 4.03. The minimum absolute atomic E-state index is 0.0929. The molecule has 0 radical (unpaired) electrons. The SMILES string of the molecule is C=CCSc1nnc(NC(=O)c2cc(-c3ccco3)nc3c2cnn3C(C)C)s1. The molecule has 0 aliphatic heterocycles. The molecular weight excluding hydrogens is 408 g/mol. The summed E-state index contributed by atoms with van der Waals surface area (Å²) in [7, 11) is 0. The van der Waals surface area contributed by atoms with Crippen LogP contribution in [0, 0.1) is 0 Å². The molecule has 0 aliphatic carbocycles. The van der Waals surface area contributed by atoms with Gasteiger partial charge >= 0.3 is 0 Å². The minimum atomic E-state index is -0.301. The summed E-state index contributed by atoms with van der Waals surface area (Å²) in [5.41, 5.74) is 1.64. The van der Waals surface area contributed by atoms with Crippen molar-refractivity contribution < 1.29 is 9.21 Å². The van der Waals surface area contributed by atoms with Crippen LogP contribution >= 0.6 is 23.1 Å². The van der Waals surface area contributed by atoms with E-state index in [-0.39, 0.29) is 11.9 Å². The molecule has 0 spiro atoms. The Balaban J connectivity index is 1.72. The van der Waals surface area contributed by atoms with Crippen LogP contribution in [0.2, 0.25) is 0 Å². The van der Waals surface area contributed by atoms with Crippen LogP contribution in [-0.2, 0) is 0 Å². The zero-order valence-electron chi connectivity index (χ0n) is 15.8. The number of nitrogens with one attached hydrogen (secondary N) is 1. The van der Waals surface area contributed by atoms with E-state index >= 15 is 0 Å². The number of carbonyl (C=O) groups excluding carboxylic acids is 1. The van der Waals surface area contributed by atoms with Crippen LogP contribution in [0.4, 0.5) is 5.13 Å². The number of anilines is 1. The Kier molecular flexibility index (Phi) is 5.45. The van der Waals surface area contributed by atoms with Crippen molar-refractivity contribution in [1.82, 2.24) is 25.0 Å². The topological polar surface area (TPSA) is 98.7 Å². The van der Waals surface area contributed by atoms with Gasteiger partial charge in [0.1, 0.15) is 5.69 Å². The van der Waals surface area contributed by atoms with Gasteiger partial charge in [0.15, 0.2) is 15.7 Å². The van der Waals surface area contributed by atoms with Gasteiger partial charge in [0, 0.05) is 11.8 Å². The standard InChI is InChI=1S/C19H18N6O2S2/c1-4-8-28-19-24-23-18(29-19)22-17(26)12-9-14(15-6-5-7-27-15)21-16-13(12)10-20-25(16)11(2)3/h4-7,9-11H,1,8H2,2-3H3,(H,22,23,26). The summed E-state index contributed by atoms with van der Waals surface area (Å²) in [6, 6.07) is 5.39. The molecule has 0 unspecified atom stereocenters. The van der Waals surface area contributed by atoms with E-state index in [0.717, 1.165) is 10.1 Å². The highest BCUT2D eigenvalue weighted by molar-refractivity contribution is 8.01. The zero-order chi connectivity index (χ0) is 20.4. The third kappa shape index (κ3) is 3.94. The Morgan fingerprint density at radius 1 is 1.45 bits per heavy atom. The lowest BCUT2D eigenvalue weighted by Gasteiger charge is -2.09. The molecule has 0 aliphatic rings. The maximum Gasteiger partial charge on any atom is 0.258 e. The molecule has 0 bridgehead atoms. The second-order valence-corrected chi connectivity index (χ2v) is 8.62. The van der Waals surface area contributed by atoms with Gasteiger partial charge in [-0.15, -0.1) is 16.8 Å². The summed E-state index contributed by atoms with van der Waals surface area (Å²) >= 11 is 2.83. The highest BCUT2D eigenvalue weighted by atomic mass is 32.2. The van der Waals surface area contributed by atoms with E-state index in [4.69, 9.17) is 4.42 Å². The van der Waals surface area contributed by atoms with Crippen LogP contribution in [0.3, 0.4) is 0 Å². The molecular formula is C19H18N6O2S2. The van der Waals surface area contributed by atoms with Crippen molar-refractivity contribution in [3.63, 3.8) is 0 Å². The summed E-state index contributed by atoms with van der Waals surface area (Å²) in [5, 5.41) is 16.5. The van der Waals surface area contributed by atoms with Crippen molar-refractivity contribution in [3.8, 4) is 11.5 Å². The predicted octanol–water partition coefficient (Wildman–Crippen LogP) is 4.65. The molecule has 0 aromatic carbocycles. The Morgan fingerprint density at radius 2 is 2.31 bits per heavy atom. The molecule has 29 heavy (non-hydrogen) atoms. The van der Waals surface area contributed by atoms with Crippen molar-refractivity contribution in [2.75, 3.05) is 11.1 Å². The second kappa shape index (κ2) is 8.18. The first kappa shape index (κ1) is 19.3. The first-order valence-electron chi connectivity index (χ1n) is 8.87. The minimum Gasteiger partial charge on any atom is -0.463 e. The van der Waals surface area contributed by atoms with Gasteiger partial charge in [0.2, 0.25) is 5.13 Å². The first-order valence-corrected chi connectivity index (χ1v) is 10.7.